The lowest BCUT2D eigenvalue weighted by molar-refractivity contribution is 0.402. The number of benzene rings is 1. The van der Waals surface area contributed by atoms with Crippen molar-refractivity contribution in [2.75, 3.05) is 14.1 Å². The Morgan fingerprint density at radius 1 is 1.09 bits per heavy atom. The Bertz CT molecular complexity index is 463. The topological polar surface area (TPSA) is 53.6 Å². The summed E-state index contributed by atoms with van der Waals surface area (Å²) >= 11 is 0. The molecule has 0 aromatic heterocycles. The Labute approximate surface area is 142 Å². The lowest BCUT2D eigenvalue weighted by Gasteiger charge is -2.15. The second-order valence-corrected chi connectivity index (χ2v) is 7.13. The summed E-state index contributed by atoms with van der Waals surface area (Å²) in [6.07, 6.45) is 3.63. The number of nitrogens with two attached hydrogens (primary N) is 1. The molecule has 0 saturated heterocycles. The first-order chi connectivity index (χ1) is 10.9. The molecule has 0 saturated carbocycles. The number of hydrogen-bond acceptors (Lipinski definition) is 2. The molecule has 0 heterocycles. The third-order valence-electron chi connectivity index (χ3n) is 3.77. The van der Waals surface area contributed by atoms with E-state index < -0.39 is 0 Å². The van der Waals surface area contributed by atoms with Crippen molar-refractivity contribution >= 4 is 5.96 Å². The van der Waals surface area contributed by atoms with Gasteiger partial charge in [0.2, 0.25) is 0 Å². The molecular formula is C19H34N4. The number of aliphatic imine (C=N–C) groups is 1. The zero-order valence-electron chi connectivity index (χ0n) is 15.5. The van der Waals surface area contributed by atoms with Crippen LogP contribution in [0.2, 0.25) is 0 Å². The van der Waals surface area contributed by atoms with Gasteiger partial charge in [0.25, 0.3) is 0 Å². The van der Waals surface area contributed by atoms with Gasteiger partial charge in [-0.15, -0.1) is 0 Å². The van der Waals surface area contributed by atoms with Gasteiger partial charge >= 0.3 is 0 Å². The molecule has 1 rings (SSSR count). The average molecular weight is 319 g/mol. The first kappa shape index (κ1) is 19.5. The highest BCUT2D eigenvalue weighted by Crippen LogP contribution is 2.09. The highest BCUT2D eigenvalue weighted by Gasteiger charge is 2.04. The van der Waals surface area contributed by atoms with E-state index in [1.807, 2.05) is 0 Å². The zero-order valence-corrected chi connectivity index (χ0v) is 15.5. The monoisotopic (exact) mass is 318 g/mol. The van der Waals surface area contributed by atoms with Crippen molar-refractivity contribution < 1.29 is 0 Å². The van der Waals surface area contributed by atoms with Crippen LogP contribution in [0.25, 0.3) is 0 Å². The SMILES string of the molecule is CC(C)CCCC(C)NC(N)=NCc1ccc(CN(C)C)cc1. The van der Waals surface area contributed by atoms with Crippen molar-refractivity contribution in [2.45, 2.75) is 59.2 Å². The van der Waals surface area contributed by atoms with E-state index in [-0.39, 0.29) is 0 Å². The van der Waals surface area contributed by atoms with Crippen molar-refractivity contribution in [1.29, 1.82) is 0 Å². The zero-order chi connectivity index (χ0) is 17.2. The Hall–Kier alpha value is -1.55. The second-order valence-electron chi connectivity index (χ2n) is 7.13. The van der Waals surface area contributed by atoms with Crippen molar-refractivity contribution in [3.8, 4) is 0 Å². The van der Waals surface area contributed by atoms with Crippen LogP contribution in [-0.2, 0) is 13.1 Å². The third-order valence-corrected chi connectivity index (χ3v) is 3.77. The predicted octanol–water partition coefficient (Wildman–Crippen LogP) is 3.37. The molecule has 3 N–H and O–H groups in total. The first-order valence-corrected chi connectivity index (χ1v) is 8.65. The van der Waals surface area contributed by atoms with Crippen LogP contribution in [0.3, 0.4) is 0 Å². The maximum absolute atomic E-state index is 5.98. The van der Waals surface area contributed by atoms with Crippen LogP contribution in [0.4, 0.5) is 0 Å². The molecule has 130 valence electrons. The Kier molecular flexibility index (Phi) is 8.70. The van der Waals surface area contributed by atoms with E-state index in [1.54, 1.807) is 0 Å². The van der Waals surface area contributed by atoms with Gasteiger partial charge in [0, 0.05) is 12.6 Å². The Balaban J connectivity index is 2.37. The van der Waals surface area contributed by atoms with Crippen molar-refractivity contribution in [1.82, 2.24) is 10.2 Å². The fraction of sp³-hybridized carbons (Fsp3) is 0.632. The highest BCUT2D eigenvalue weighted by molar-refractivity contribution is 5.78. The molecule has 0 aliphatic rings. The van der Waals surface area contributed by atoms with Gasteiger partial charge in [0.05, 0.1) is 6.54 Å². The standard InChI is InChI=1S/C19H34N4/c1-15(2)7-6-8-16(3)22-19(20)21-13-17-9-11-18(12-10-17)14-23(4)5/h9-12,15-16H,6-8,13-14H2,1-5H3,(H3,20,21,22). The molecule has 0 spiro atoms. The fourth-order valence-corrected chi connectivity index (χ4v) is 2.49. The molecule has 4 heteroatoms. The van der Waals surface area contributed by atoms with Gasteiger partial charge in [0.15, 0.2) is 5.96 Å². The summed E-state index contributed by atoms with van der Waals surface area (Å²) in [5.41, 5.74) is 8.48. The van der Waals surface area contributed by atoms with Crippen molar-refractivity contribution in [3.63, 3.8) is 0 Å². The summed E-state index contributed by atoms with van der Waals surface area (Å²) < 4.78 is 0. The Morgan fingerprint density at radius 3 is 2.26 bits per heavy atom. The maximum atomic E-state index is 5.98. The van der Waals surface area contributed by atoms with Crippen LogP contribution in [-0.4, -0.2) is 31.0 Å². The van der Waals surface area contributed by atoms with Crippen LogP contribution in [0, 0.1) is 5.92 Å². The molecule has 0 radical (unpaired) electrons. The van der Waals surface area contributed by atoms with E-state index in [0.29, 0.717) is 18.5 Å². The first-order valence-electron chi connectivity index (χ1n) is 8.65. The summed E-state index contributed by atoms with van der Waals surface area (Å²) in [6.45, 7) is 8.27. The summed E-state index contributed by atoms with van der Waals surface area (Å²) in [7, 11) is 4.15. The smallest absolute Gasteiger partial charge is 0.189 e. The number of nitrogens with zero attached hydrogens (tertiary/aromatic N) is 2. The summed E-state index contributed by atoms with van der Waals surface area (Å²) in [6, 6.07) is 8.94. The fourth-order valence-electron chi connectivity index (χ4n) is 2.49. The maximum Gasteiger partial charge on any atom is 0.189 e. The second kappa shape index (κ2) is 10.3. The van der Waals surface area contributed by atoms with Gasteiger partial charge in [-0.05, 0) is 44.5 Å². The van der Waals surface area contributed by atoms with Crippen molar-refractivity contribution in [2.24, 2.45) is 16.6 Å². The quantitative estimate of drug-likeness (QED) is 0.542. The summed E-state index contributed by atoms with van der Waals surface area (Å²) in [5, 5.41) is 3.28. The Morgan fingerprint density at radius 2 is 1.70 bits per heavy atom. The van der Waals surface area contributed by atoms with E-state index >= 15 is 0 Å². The predicted molar refractivity (Wildman–Crippen MR) is 100 cm³/mol. The van der Waals surface area contributed by atoms with Gasteiger partial charge in [-0.3, -0.25) is 0 Å². The molecule has 1 unspecified atom stereocenters. The lowest BCUT2D eigenvalue weighted by Crippen LogP contribution is -2.38. The molecule has 0 aliphatic heterocycles. The molecule has 1 atom stereocenters. The van der Waals surface area contributed by atoms with Crippen LogP contribution < -0.4 is 11.1 Å². The number of rotatable bonds is 9. The van der Waals surface area contributed by atoms with Gasteiger partial charge in [-0.1, -0.05) is 51.0 Å². The number of nitrogens with one attached hydrogen (secondary N) is 1. The summed E-state index contributed by atoms with van der Waals surface area (Å²) in [4.78, 5) is 6.60. The van der Waals surface area contributed by atoms with E-state index in [9.17, 15) is 0 Å². The normalized spacial score (nSPS) is 13.6. The van der Waals surface area contributed by atoms with Gasteiger partial charge in [-0.2, -0.15) is 0 Å². The van der Waals surface area contributed by atoms with Crippen LogP contribution in [0.15, 0.2) is 29.3 Å². The third kappa shape index (κ3) is 9.24. The van der Waals surface area contributed by atoms with Crippen LogP contribution >= 0.6 is 0 Å². The molecule has 4 nitrogen and oxygen atoms in total. The summed E-state index contributed by atoms with van der Waals surface area (Å²) in [5.74, 6) is 1.31. The minimum atomic E-state index is 0.375. The minimum Gasteiger partial charge on any atom is -0.370 e. The van der Waals surface area contributed by atoms with Gasteiger partial charge < -0.3 is 16.0 Å². The molecule has 0 aliphatic carbocycles. The average Bonchev–Trinajstić information content (AvgIpc) is 2.45. The van der Waals surface area contributed by atoms with E-state index in [0.717, 1.165) is 18.9 Å². The molecule has 0 amide bonds. The van der Waals surface area contributed by atoms with Crippen LogP contribution in [0.1, 0.15) is 51.2 Å². The number of hydrogen-bond donors (Lipinski definition) is 2. The van der Waals surface area contributed by atoms with Gasteiger partial charge in [0.1, 0.15) is 0 Å². The molecule has 0 fully saturated rings. The van der Waals surface area contributed by atoms with Gasteiger partial charge in [-0.25, -0.2) is 4.99 Å². The molecule has 1 aromatic rings. The molecular weight excluding hydrogens is 284 g/mol. The lowest BCUT2D eigenvalue weighted by atomic mass is 10.0. The molecule has 1 aromatic carbocycles. The van der Waals surface area contributed by atoms with E-state index in [4.69, 9.17) is 5.73 Å². The van der Waals surface area contributed by atoms with Crippen molar-refractivity contribution in [3.05, 3.63) is 35.4 Å². The van der Waals surface area contributed by atoms with Crippen LogP contribution in [0.5, 0.6) is 0 Å². The molecule has 23 heavy (non-hydrogen) atoms. The number of guanidine groups is 1. The molecule has 0 bridgehead atoms. The van der Waals surface area contributed by atoms with E-state index in [1.165, 1.54) is 24.0 Å². The van der Waals surface area contributed by atoms with E-state index in [2.05, 4.69) is 74.3 Å². The highest BCUT2D eigenvalue weighted by atomic mass is 15.1. The minimum absolute atomic E-state index is 0.375. The largest absolute Gasteiger partial charge is 0.370 e.